The molecule has 5 aromatic rings. The fourth-order valence-corrected chi connectivity index (χ4v) is 6.18. The smallest absolute Gasteiger partial charge is 0.255 e. The number of carbonyl (C=O) groups excluding carboxylic acids is 2. The molecule has 0 radical (unpaired) electrons. The van der Waals surface area contributed by atoms with Gasteiger partial charge in [0.15, 0.2) is 5.65 Å². The summed E-state index contributed by atoms with van der Waals surface area (Å²) in [5, 5.41) is 10.2. The van der Waals surface area contributed by atoms with E-state index >= 15 is 0 Å². The van der Waals surface area contributed by atoms with E-state index in [2.05, 4.69) is 39.8 Å². The van der Waals surface area contributed by atoms with E-state index in [-0.39, 0.29) is 23.7 Å². The molecule has 2 amide bonds. The van der Waals surface area contributed by atoms with Crippen LogP contribution in [0.3, 0.4) is 0 Å². The topological polar surface area (TPSA) is 135 Å². The number of pyridine rings is 1. The van der Waals surface area contributed by atoms with Crippen LogP contribution < -0.4 is 21.7 Å². The van der Waals surface area contributed by atoms with E-state index in [1.165, 1.54) is 6.33 Å². The van der Waals surface area contributed by atoms with Crippen molar-refractivity contribution in [1.29, 1.82) is 0 Å². The van der Waals surface area contributed by atoms with Crippen molar-refractivity contribution in [2.45, 2.75) is 55.2 Å². The molecule has 0 saturated heterocycles. The molecule has 45 heavy (non-hydrogen) atoms. The molecule has 5 N–H and O–H groups in total. The highest BCUT2D eigenvalue weighted by Crippen LogP contribution is 2.37. The monoisotopic (exact) mass is 617 g/mol. The Kier molecular flexibility index (Phi) is 8.93. The van der Waals surface area contributed by atoms with Crippen molar-refractivity contribution >= 4 is 63.2 Å². The molecule has 0 aliphatic heterocycles. The first kappa shape index (κ1) is 30.1. The number of nitrogens with zero attached hydrogens (tertiary/aromatic N) is 3. The van der Waals surface area contributed by atoms with Crippen molar-refractivity contribution in [2.24, 2.45) is 5.92 Å². The van der Waals surface area contributed by atoms with Gasteiger partial charge < -0.3 is 21.7 Å². The van der Waals surface area contributed by atoms with Crippen LogP contribution in [0, 0.1) is 5.92 Å². The largest absolute Gasteiger partial charge is 0.399 e. The standard InChI is InChI=1S/C35H35N7O2S/c1-21(2)29-17-16-28-32(41-29)37-20-38-33(28)42-30-19-23(7-18-31(30)45-27-14-8-24(36)9-15-27)35(44)40-26-12-10-25(11-13-26)39-34(43)22-5-3-4-6-22/h7-22H,3-6,36H2,1-2H3,(H,39,43)(H,40,44)(H,37,38,41,42). The van der Waals surface area contributed by atoms with Crippen LogP contribution in [-0.4, -0.2) is 26.8 Å². The van der Waals surface area contributed by atoms with Gasteiger partial charge in [-0.3, -0.25) is 9.59 Å². The Morgan fingerprint density at radius 3 is 2.29 bits per heavy atom. The highest BCUT2D eigenvalue weighted by molar-refractivity contribution is 7.99. The zero-order valence-corrected chi connectivity index (χ0v) is 26.0. The van der Waals surface area contributed by atoms with E-state index in [9.17, 15) is 9.59 Å². The summed E-state index contributed by atoms with van der Waals surface area (Å²) in [6.07, 6.45) is 5.58. The predicted octanol–water partition coefficient (Wildman–Crippen LogP) is 8.01. The lowest BCUT2D eigenvalue weighted by Gasteiger charge is -2.15. The lowest BCUT2D eigenvalue weighted by Crippen LogP contribution is -2.20. The minimum absolute atomic E-state index is 0.0638. The number of amides is 2. The number of nitrogens with one attached hydrogen (secondary N) is 3. The lowest BCUT2D eigenvalue weighted by atomic mass is 10.1. The zero-order valence-electron chi connectivity index (χ0n) is 25.2. The average molecular weight is 618 g/mol. The Morgan fingerprint density at radius 1 is 0.867 bits per heavy atom. The number of rotatable bonds is 9. The number of fused-ring (bicyclic) bond motifs is 1. The molecule has 10 heteroatoms. The quantitative estimate of drug-likeness (QED) is 0.122. The number of nitrogens with two attached hydrogens (primary N) is 1. The van der Waals surface area contributed by atoms with Crippen molar-refractivity contribution in [3.05, 3.63) is 96.4 Å². The first-order valence-corrected chi connectivity index (χ1v) is 15.9. The fourth-order valence-electron chi connectivity index (χ4n) is 5.30. The molecular weight excluding hydrogens is 582 g/mol. The van der Waals surface area contributed by atoms with Gasteiger partial charge in [-0.2, -0.15) is 0 Å². The Bertz CT molecular complexity index is 1840. The molecule has 1 fully saturated rings. The Balaban J connectivity index is 1.25. The molecule has 2 heterocycles. The van der Waals surface area contributed by atoms with Crippen LogP contribution in [0.1, 0.15) is 61.5 Å². The van der Waals surface area contributed by atoms with Crippen LogP contribution in [0.4, 0.5) is 28.6 Å². The van der Waals surface area contributed by atoms with E-state index in [1.54, 1.807) is 42.1 Å². The normalized spacial score (nSPS) is 13.2. The summed E-state index contributed by atoms with van der Waals surface area (Å²) in [7, 11) is 0. The van der Waals surface area contributed by atoms with Crippen LogP contribution in [0.15, 0.2) is 95.0 Å². The third-order valence-corrected chi connectivity index (χ3v) is 8.93. The molecule has 0 bridgehead atoms. The second-order valence-electron chi connectivity index (χ2n) is 11.5. The molecule has 3 aromatic carbocycles. The molecule has 2 aromatic heterocycles. The predicted molar refractivity (Wildman–Crippen MR) is 181 cm³/mol. The zero-order chi connectivity index (χ0) is 31.3. The Morgan fingerprint density at radius 2 is 1.58 bits per heavy atom. The third-order valence-electron chi connectivity index (χ3n) is 7.85. The van der Waals surface area contributed by atoms with Gasteiger partial charge in [0.1, 0.15) is 12.1 Å². The van der Waals surface area contributed by atoms with Crippen LogP contribution >= 0.6 is 11.8 Å². The van der Waals surface area contributed by atoms with Crippen LogP contribution in [0.2, 0.25) is 0 Å². The second kappa shape index (κ2) is 13.4. The maximum absolute atomic E-state index is 13.4. The van der Waals surface area contributed by atoms with Gasteiger partial charge in [-0.25, -0.2) is 15.0 Å². The Labute approximate surface area is 266 Å². The number of anilines is 5. The van der Waals surface area contributed by atoms with Crippen LogP contribution in [0.25, 0.3) is 11.0 Å². The van der Waals surface area contributed by atoms with Crippen molar-refractivity contribution in [3.8, 4) is 0 Å². The first-order valence-electron chi connectivity index (χ1n) is 15.1. The van der Waals surface area contributed by atoms with E-state index in [0.29, 0.717) is 39.8 Å². The van der Waals surface area contributed by atoms with E-state index in [4.69, 9.17) is 10.7 Å². The van der Waals surface area contributed by atoms with Gasteiger partial charge in [0.2, 0.25) is 5.91 Å². The molecule has 6 rings (SSSR count). The van der Waals surface area contributed by atoms with Gasteiger partial charge >= 0.3 is 0 Å². The SMILES string of the molecule is CC(C)c1ccc2c(Nc3cc(C(=O)Nc4ccc(NC(=O)C5CCCC5)cc4)ccc3Sc3ccc(N)cc3)ncnc2n1. The number of aromatic nitrogens is 3. The Hall–Kier alpha value is -4.96. The van der Waals surface area contributed by atoms with Gasteiger partial charge in [-0.1, -0.05) is 38.5 Å². The van der Waals surface area contributed by atoms with Gasteiger partial charge in [-0.15, -0.1) is 0 Å². The van der Waals surface area contributed by atoms with Crippen molar-refractivity contribution in [2.75, 3.05) is 21.7 Å². The molecule has 228 valence electrons. The molecule has 1 aliphatic rings. The summed E-state index contributed by atoms with van der Waals surface area (Å²) in [6.45, 7) is 4.18. The van der Waals surface area contributed by atoms with Crippen molar-refractivity contribution < 1.29 is 9.59 Å². The molecule has 1 saturated carbocycles. The molecule has 1 aliphatic carbocycles. The first-order chi connectivity index (χ1) is 21.8. The molecular formula is C35H35N7O2S. The van der Waals surface area contributed by atoms with E-state index in [1.807, 2.05) is 48.5 Å². The maximum Gasteiger partial charge on any atom is 0.255 e. The fraction of sp³-hybridized carbons (Fsp3) is 0.229. The number of nitrogen functional groups attached to an aromatic ring is 1. The number of hydrogen-bond acceptors (Lipinski definition) is 8. The maximum atomic E-state index is 13.4. The summed E-state index contributed by atoms with van der Waals surface area (Å²) in [5.74, 6) is 0.748. The van der Waals surface area contributed by atoms with Gasteiger partial charge in [0.05, 0.1) is 11.1 Å². The van der Waals surface area contributed by atoms with Crippen molar-refractivity contribution in [3.63, 3.8) is 0 Å². The summed E-state index contributed by atoms with van der Waals surface area (Å²) in [6, 6.07) is 24.3. The second-order valence-corrected chi connectivity index (χ2v) is 12.6. The van der Waals surface area contributed by atoms with Gasteiger partial charge in [0.25, 0.3) is 5.91 Å². The van der Waals surface area contributed by atoms with Crippen LogP contribution in [0.5, 0.6) is 0 Å². The highest BCUT2D eigenvalue weighted by Gasteiger charge is 2.22. The average Bonchev–Trinajstić information content (AvgIpc) is 3.59. The minimum Gasteiger partial charge on any atom is -0.399 e. The highest BCUT2D eigenvalue weighted by atomic mass is 32.2. The molecule has 0 unspecified atom stereocenters. The molecule has 9 nitrogen and oxygen atoms in total. The summed E-state index contributed by atoms with van der Waals surface area (Å²) in [5.41, 5.74) is 10.7. The number of hydrogen-bond donors (Lipinski definition) is 4. The summed E-state index contributed by atoms with van der Waals surface area (Å²) >= 11 is 1.55. The number of benzene rings is 3. The van der Waals surface area contributed by atoms with Crippen LogP contribution in [-0.2, 0) is 4.79 Å². The van der Waals surface area contributed by atoms with E-state index < -0.39 is 0 Å². The summed E-state index contributed by atoms with van der Waals surface area (Å²) < 4.78 is 0. The van der Waals surface area contributed by atoms with Gasteiger partial charge in [-0.05, 0) is 97.6 Å². The van der Waals surface area contributed by atoms with E-state index in [0.717, 1.165) is 46.6 Å². The summed E-state index contributed by atoms with van der Waals surface area (Å²) in [4.78, 5) is 41.4. The minimum atomic E-state index is -0.263. The van der Waals surface area contributed by atoms with Crippen molar-refractivity contribution in [1.82, 2.24) is 15.0 Å². The third kappa shape index (κ3) is 7.24. The number of carbonyl (C=O) groups is 2. The molecule has 0 atom stereocenters. The lowest BCUT2D eigenvalue weighted by molar-refractivity contribution is -0.119. The van der Waals surface area contributed by atoms with Gasteiger partial charge in [0, 0.05) is 44.0 Å². The molecule has 0 spiro atoms.